The van der Waals surface area contributed by atoms with Gasteiger partial charge in [-0.25, -0.2) is 9.97 Å². The number of aromatic nitrogens is 4. The molecule has 2 aromatic rings. The van der Waals surface area contributed by atoms with Crippen LogP contribution >= 0.6 is 23.4 Å². The van der Waals surface area contributed by atoms with Crippen LogP contribution in [0.1, 0.15) is 11.5 Å². The van der Waals surface area contributed by atoms with Crippen molar-refractivity contribution >= 4 is 23.4 Å². The highest BCUT2D eigenvalue weighted by Gasteiger charge is 2.10. The van der Waals surface area contributed by atoms with Crippen LogP contribution in [0.2, 0.25) is 5.15 Å². The minimum absolute atomic E-state index is 0.434. The topological polar surface area (TPSA) is 64.7 Å². The van der Waals surface area contributed by atoms with E-state index in [1.165, 1.54) is 18.1 Å². The van der Waals surface area contributed by atoms with Crippen molar-refractivity contribution in [2.75, 3.05) is 0 Å². The summed E-state index contributed by atoms with van der Waals surface area (Å²) in [4.78, 5) is 7.94. The summed E-state index contributed by atoms with van der Waals surface area (Å²) in [5, 5.41) is 9.18. The standard InChI is InChI=1S/C8H7ClN4OS/c1-4-6(9)10-3-11-7(4)15-8-13-12-5(2)14-8/h3H,1-2H3. The molecule has 0 radical (unpaired) electrons. The van der Waals surface area contributed by atoms with Crippen molar-refractivity contribution in [1.82, 2.24) is 20.2 Å². The molecule has 0 bridgehead atoms. The molecule has 0 aliphatic heterocycles. The van der Waals surface area contributed by atoms with Crippen molar-refractivity contribution < 1.29 is 4.42 Å². The molecule has 0 spiro atoms. The summed E-state index contributed by atoms with van der Waals surface area (Å²) in [6, 6.07) is 0. The Labute approximate surface area is 95.3 Å². The lowest BCUT2D eigenvalue weighted by Gasteiger charge is -2.00. The Balaban J connectivity index is 2.28. The number of rotatable bonds is 2. The van der Waals surface area contributed by atoms with Crippen LogP contribution in [0.25, 0.3) is 0 Å². The van der Waals surface area contributed by atoms with E-state index in [1.807, 2.05) is 6.92 Å². The van der Waals surface area contributed by atoms with Gasteiger partial charge in [0.2, 0.25) is 5.89 Å². The normalized spacial score (nSPS) is 10.6. The first-order valence-corrected chi connectivity index (χ1v) is 5.31. The zero-order valence-corrected chi connectivity index (χ0v) is 9.63. The van der Waals surface area contributed by atoms with E-state index in [4.69, 9.17) is 16.0 Å². The van der Waals surface area contributed by atoms with Gasteiger partial charge in [0.05, 0.1) is 0 Å². The molecule has 0 saturated heterocycles. The lowest BCUT2D eigenvalue weighted by atomic mass is 10.4. The van der Waals surface area contributed by atoms with Gasteiger partial charge in [0, 0.05) is 12.5 Å². The molecule has 0 amide bonds. The fourth-order valence-corrected chi connectivity index (χ4v) is 1.87. The highest BCUT2D eigenvalue weighted by atomic mass is 35.5. The van der Waals surface area contributed by atoms with E-state index in [1.54, 1.807) is 6.92 Å². The minimum Gasteiger partial charge on any atom is -0.416 e. The van der Waals surface area contributed by atoms with Crippen molar-refractivity contribution in [3.05, 3.63) is 22.9 Å². The van der Waals surface area contributed by atoms with Gasteiger partial charge in [0.25, 0.3) is 5.22 Å². The highest BCUT2D eigenvalue weighted by Crippen LogP contribution is 2.29. The summed E-state index contributed by atoms with van der Waals surface area (Å²) in [7, 11) is 0. The average molecular weight is 243 g/mol. The quantitative estimate of drug-likeness (QED) is 0.753. The molecule has 0 aliphatic carbocycles. The van der Waals surface area contributed by atoms with Gasteiger partial charge in [-0.3, -0.25) is 0 Å². The van der Waals surface area contributed by atoms with E-state index < -0.39 is 0 Å². The van der Waals surface area contributed by atoms with Crippen molar-refractivity contribution in [2.45, 2.75) is 24.1 Å². The third-order valence-electron chi connectivity index (χ3n) is 1.67. The molecule has 5 nitrogen and oxygen atoms in total. The van der Waals surface area contributed by atoms with E-state index >= 15 is 0 Å². The van der Waals surface area contributed by atoms with Gasteiger partial charge in [-0.1, -0.05) is 11.6 Å². The Morgan fingerprint density at radius 2 is 2.07 bits per heavy atom. The molecule has 2 rings (SSSR count). The molecule has 2 aromatic heterocycles. The fourth-order valence-electron chi connectivity index (χ4n) is 0.919. The SMILES string of the molecule is Cc1nnc(Sc2ncnc(Cl)c2C)o1. The minimum atomic E-state index is 0.434. The van der Waals surface area contributed by atoms with Crippen LogP contribution in [0.3, 0.4) is 0 Å². The Hall–Kier alpha value is -1.14. The van der Waals surface area contributed by atoms with Gasteiger partial charge < -0.3 is 4.42 Å². The predicted octanol–water partition coefficient (Wildman–Crippen LogP) is 2.28. The molecule has 0 atom stereocenters. The second-order valence-electron chi connectivity index (χ2n) is 2.78. The summed E-state index contributed by atoms with van der Waals surface area (Å²) >= 11 is 7.13. The lowest BCUT2D eigenvalue weighted by Crippen LogP contribution is -1.89. The Morgan fingerprint density at radius 3 is 2.73 bits per heavy atom. The van der Waals surface area contributed by atoms with Crippen molar-refractivity contribution in [3.63, 3.8) is 0 Å². The zero-order valence-electron chi connectivity index (χ0n) is 8.06. The second-order valence-corrected chi connectivity index (χ2v) is 4.08. The second kappa shape index (κ2) is 4.16. The first kappa shape index (κ1) is 10.4. The van der Waals surface area contributed by atoms with Gasteiger partial charge in [0.15, 0.2) is 0 Å². The number of hydrogen-bond donors (Lipinski definition) is 0. The Kier molecular flexibility index (Phi) is 2.88. The molecule has 78 valence electrons. The molecule has 0 N–H and O–H groups in total. The maximum absolute atomic E-state index is 5.85. The third kappa shape index (κ3) is 2.27. The molecule has 7 heteroatoms. The van der Waals surface area contributed by atoms with Crippen LogP contribution < -0.4 is 0 Å². The number of aryl methyl sites for hydroxylation is 1. The number of nitrogens with zero attached hydrogens (tertiary/aromatic N) is 4. The van der Waals surface area contributed by atoms with Crippen molar-refractivity contribution in [2.24, 2.45) is 0 Å². The van der Waals surface area contributed by atoms with Gasteiger partial charge in [-0.05, 0) is 18.7 Å². The van der Waals surface area contributed by atoms with E-state index in [9.17, 15) is 0 Å². The number of halogens is 1. The number of hydrogen-bond acceptors (Lipinski definition) is 6. The Morgan fingerprint density at radius 1 is 1.27 bits per heavy atom. The van der Waals surface area contributed by atoms with Crippen LogP contribution in [0, 0.1) is 13.8 Å². The van der Waals surface area contributed by atoms with E-state index in [0.29, 0.717) is 16.3 Å². The summed E-state index contributed by atoms with van der Waals surface area (Å²) in [6.45, 7) is 3.57. The van der Waals surface area contributed by atoms with Crippen LogP contribution in [0.15, 0.2) is 21.0 Å². The smallest absolute Gasteiger partial charge is 0.282 e. The molecule has 15 heavy (non-hydrogen) atoms. The maximum Gasteiger partial charge on any atom is 0.282 e. The average Bonchev–Trinajstić information content (AvgIpc) is 2.59. The summed E-state index contributed by atoms with van der Waals surface area (Å²) < 4.78 is 5.22. The van der Waals surface area contributed by atoms with Crippen LogP contribution in [-0.4, -0.2) is 20.2 Å². The molecule has 0 aromatic carbocycles. The molecular weight excluding hydrogens is 236 g/mol. The van der Waals surface area contributed by atoms with Gasteiger partial charge in [-0.15, -0.1) is 10.2 Å². The molecule has 2 heterocycles. The molecule has 0 unspecified atom stereocenters. The zero-order chi connectivity index (χ0) is 10.8. The van der Waals surface area contributed by atoms with Crippen LogP contribution in [-0.2, 0) is 0 Å². The van der Waals surface area contributed by atoms with Gasteiger partial charge >= 0.3 is 0 Å². The van der Waals surface area contributed by atoms with E-state index in [-0.39, 0.29) is 0 Å². The van der Waals surface area contributed by atoms with E-state index in [2.05, 4.69) is 20.2 Å². The molecule has 0 saturated carbocycles. The predicted molar refractivity (Wildman–Crippen MR) is 54.9 cm³/mol. The monoisotopic (exact) mass is 242 g/mol. The van der Waals surface area contributed by atoms with E-state index in [0.717, 1.165) is 10.6 Å². The van der Waals surface area contributed by atoms with Crippen molar-refractivity contribution in [3.8, 4) is 0 Å². The van der Waals surface area contributed by atoms with Crippen LogP contribution in [0.4, 0.5) is 0 Å². The molecule has 0 fully saturated rings. The first-order chi connectivity index (χ1) is 7.16. The summed E-state index contributed by atoms with van der Waals surface area (Å²) in [6.07, 6.45) is 1.40. The van der Waals surface area contributed by atoms with Gasteiger partial charge in [0.1, 0.15) is 16.5 Å². The lowest BCUT2D eigenvalue weighted by molar-refractivity contribution is 0.429. The molecular formula is C8H7ClN4OS. The Bertz CT molecular complexity index is 487. The van der Waals surface area contributed by atoms with Crippen molar-refractivity contribution in [1.29, 1.82) is 0 Å². The largest absolute Gasteiger partial charge is 0.416 e. The maximum atomic E-state index is 5.85. The summed E-state index contributed by atoms with van der Waals surface area (Å²) in [5.41, 5.74) is 0.806. The van der Waals surface area contributed by atoms with Gasteiger partial charge in [-0.2, -0.15) is 0 Å². The van der Waals surface area contributed by atoms with Crippen LogP contribution in [0.5, 0.6) is 0 Å². The first-order valence-electron chi connectivity index (χ1n) is 4.12. The summed E-state index contributed by atoms with van der Waals surface area (Å²) in [5.74, 6) is 0.523. The highest BCUT2D eigenvalue weighted by molar-refractivity contribution is 7.99. The third-order valence-corrected chi connectivity index (χ3v) is 2.99. The fraction of sp³-hybridized carbons (Fsp3) is 0.250. The molecule has 0 aliphatic rings.